The van der Waals surface area contributed by atoms with Crippen LogP contribution in [0.15, 0.2) is 54.7 Å². The van der Waals surface area contributed by atoms with Gasteiger partial charge in [-0.05, 0) is 59.5 Å². The lowest BCUT2D eigenvalue weighted by atomic mass is 10.0. The molecule has 3 heterocycles. The Morgan fingerprint density at radius 2 is 1.94 bits per heavy atom. The molecule has 1 saturated heterocycles. The van der Waals surface area contributed by atoms with Crippen LogP contribution in [0, 0.1) is 11.8 Å². The summed E-state index contributed by atoms with van der Waals surface area (Å²) in [6.07, 6.45) is 4.69. The Kier molecular flexibility index (Phi) is 5.35. The normalized spacial score (nSPS) is 25.9. The molecule has 0 saturated carbocycles. The van der Waals surface area contributed by atoms with Crippen LogP contribution < -0.4 is 10.6 Å². The van der Waals surface area contributed by atoms with Crippen LogP contribution in [0.2, 0.25) is 0 Å². The number of hydrogen-bond acceptors (Lipinski definition) is 4. The first kappa shape index (κ1) is 20.7. The molecule has 1 fully saturated rings. The highest BCUT2D eigenvalue weighted by molar-refractivity contribution is 8.14. The third-order valence-electron chi connectivity index (χ3n) is 6.96. The topological polar surface area (TPSA) is 54.0 Å². The van der Waals surface area contributed by atoms with Gasteiger partial charge in [0.2, 0.25) is 5.91 Å². The predicted molar refractivity (Wildman–Crippen MR) is 134 cm³/mol. The zero-order valence-electron chi connectivity index (χ0n) is 18.0. The first-order valence-corrected chi connectivity index (χ1v) is 14.2. The molecule has 0 aliphatic carbocycles. The molecule has 4 nitrogen and oxygen atoms in total. The molecule has 1 aromatic heterocycles. The monoisotopic (exact) mass is 449 g/mol. The number of nitrogens with zero attached hydrogens (tertiary/aromatic N) is 1. The molecule has 3 atom stereocenters. The highest BCUT2D eigenvalue weighted by atomic mass is 32.4. The van der Waals surface area contributed by atoms with Gasteiger partial charge in [-0.2, -0.15) is 0 Å². The first-order valence-electron chi connectivity index (χ1n) is 11.0. The van der Waals surface area contributed by atoms with Gasteiger partial charge in [0.05, 0.1) is 23.8 Å². The van der Waals surface area contributed by atoms with Crippen molar-refractivity contribution in [2.24, 2.45) is 11.8 Å². The van der Waals surface area contributed by atoms with Crippen LogP contribution in [0.4, 0.5) is 11.4 Å². The molecule has 0 bridgehead atoms. The number of amides is 1. The number of carbonyl (C=O) groups is 1. The van der Waals surface area contributed by atoms with Crippen molar-refractivity contribution in [2.45, 2.75) is 25.9 Å². The van der Waals surface area contributed by atoms with E-state index < -0.39 is 6.04 Å². The molecule has 6 heteroatoms. The molecule has 2 N–H and O–H groups in total. The van der Waals surface area contributed by atoms with E-state index in [1.807, 2.05) is 24.4 Å². The molecule has 2 aliphatic heterocycles. The number of benzene rings is 2. The SMILES string of the molecule is CC1CP(=S)(C(CNc2cnc3ccccc3c2)c2ccc3c(c2)CC(=O)N3)CC1C. The Morgan fingerprint density at radius 1 is 1.16 bits per heavy atom. The predicted octanol–water partition coefficient (Wildman–Crippen LogP) is 5.65. The van der Waals surface area contributed by atoms with E-state index in [2.05, 4.69) is 59.8 Å². The molecule has 0 spiro atoms. The minimum Gasteiger partial charge on any atom is -0.383 e. The molecular formula is C25H28N3OPS. The van der Waals surface area contributed by atoms with Gasteiger partial charge in [-0.3, -0.25) is 9.78 Å². The fraction of sp³-hybridized carbons (Fsp3) is 0.360. The van der Waals surface area contributed by atoms with Crippen LogP contribution in [0.5, 0.6) is 0 Å². The molecule has 5 rings (SSSR count). The van der Waals surface area contributed by atoms with Crippen LogP contribution in [0.3, 0.4) is 0 Å². The Hall–Kier alpha value is -2.23. The number of pyridine rings is 1. The van der Waals surface area contributed by atoms with Crippen LogP contribution in [-0.4, -0.2) is 29.8 Å². The second-order valence-corrected chi connectivity index (χ2v) is 14.7. The third-order valence-corrected chi connectivity index (χ3v) is 12.6. The number of fused-ring (bicyclic) bond motifs is 2. The van der Waals surface area contributed by atoms with E-state index in [1.165, 1.54) is 5.56 Å². The van der Waals surface area contributed by atoms with Crippen LogP contribution in [0.1, 0.15) is 30.6 Å². The lowest BCUT2D eigenvalue weighted by molar-refractivity contribution is -0.115. The minimum absolute atomic E-state index is 0.0788. The van der Waals surface area contributed by atoms with E-state index in [1.54, 1.807) is 0 Å². The largest absolute Gasteiger partial charge is 0.383 e. The minimum atomic E-state index is -1.59. The van der Waals surface area contributed by atoms with Gasteiger partial charge in [0, 0.05) is 23.3 Å². The first-order chi connectivity index (χ1) is 14.9. The maximum Gasteiger partial charge on any atom is 0.228 e. The van der Waals surface area contributed by atoms with Crippen molar-refractivity contribution in [1.29, 1.82) is 0 Å². The number of hydrogen-bond donors (Lipinski definition) is 2. The van der Waals surface area contributed by atoms with E-state index in [0.717, 1.165) is 46.7 Å². The van der Waals surface area contributed by atoms with Crippen molar-refractivity contribution >= 4 is 46.0 Å². The number of anilines is 2. The van der Waals surface area contributed by atoms with Gasteiger partial charge in [-0.15, -0.1) is 0 Å². The number of rotatable bonds is 5. The molecule has 3 aromatic rings. The standard InChI is InChI=1S/C25H28N3OPS/c1-16-14-30(31,15-17(16)2)24(19-7-8-23-20(9-19)11-25(29)28-23)13-26-21-10-18-5-3-4-6-22(18)27-12-21/h3-10,12,16-17,24,26H,11,13-15H2,1-2H3,(H,28,29). The molecular weight excluding hydrogens is 421 g/mol. The molecule has 0 radical (unpaired) electrons. The number of aromatic nitrogens is 1. The summed E-state index contributed by atoms with van der Waals surface area (Å²) in [7, 11) is 0. The summed E-state index contributed by atoms with van der Waals surface area (Å²) in [5, 5.41) is 7.75. The van der Waals surface area contributed by atoms with Gasteiger partial charge < -0.3 is 10.6 Å². The summed E-state index contributed by atoms with van der Waals surface area (Å²) in [6, 6.07) is 15.2. The summed E-state index contributed by atoms with van der Waals surface area (Å²) < 4.78 is 0. The second kappa shape index (κ2) is 8.03. The van der Waals surface area contributed by atoms with Crippen molar-refractivity contribution in [1.82, 2.24) is 4.98 Å². The molecule has 160 valence electrons. The van der Waals surface area contributed by atoms with E-state index in [4.69, 9.17) is 11.8 Å². The van der Waals surface area contributed by atoms with E-state index in [-0.39, 0.29) is 5.91 Å². The van der Waals surface area contributed by atoms with E-state index in [9.17, 15) is 4.79 Å². The summed E-state index contributed by atoms with van der Waals surface area (Å²) >= 11 is 6.44. The zero-order valence-corrected chi connectivity index (χ0v) is 19.7. The number of nitrogens with one attached hydrogen (secondary N) is 2. The van der Waals surface area contributed by atoms with Gasteiger partial charge in [0.25, 0.3) is 0 Å². The maximum absolute atomic E-state index is 11.9. The van der Waals surface area contributed by atoms with E-state index in [0.29, 0.717) is 23.9 Å². The molecule has 2 aromatic carbocycles. The van der Waals surface area contributed by atoms with Crippen molar-refractivity contribution in [3.8, 4) is 0 Å². The van der Waals surface area contributed by atoms with Gasteiger partial charge in [0.1, 0.15) is 0 Å². The Labute approximate surface area is 188 Å². The quantitative estimate of drug-likeness (QED) is 0.495. The Morgan fingerprint density at radius 3 is 2.74 bits per heavy atom. The smallest absolute Gasteiger partial charge is 0.228 e. The fourth-order valence-corrected chi connectivity index (χ4v) is 11.5. The molecule has 3 unspecified atom stereocenters. The van der Waals surface area contributed by atoms with Gasteiger partial charge in [-0.1, -0.05) is 56.0 Å². The average molecular weight is 450 g/mol. The lowest BCUT2D eigenvalue weighted by Gasteiger charge is -2.29. The van der Waals surface area contributed by atoms with E-state index >= 15 is 0 Å². The van der Waals surface area contributed by atoms with Crippen molar-refractivity contribution < 1.29 is 4.79 Å². The highest BCUT2D eigenvalue weighted by Crippen LogP contribution is 2.66. The summed E-state index contributed by atoms with van der Waals surface area (Å²) in [6.45, 7) is 5.50. The highest BCUT2D eigenvalue weighted by Gasteiger charge is 2.40. The zero-order chi connectivity index (χ0) is 21.6. The average Bonchev–Trinajstić information content (AvgIpc) is 3.25. The van der Waals surface area contributed by atoms with Crippen molar-refractivity contribution in [2.75, 3.05) is 29.5 Å². The Balaban J connectivity index is 1.46. The van der Waals surface area contributed by atoms with Gasteiger partial charge in [0.15, 0.2) is 0 Å². The van der Waals surface area contributed by atoms with Crippen molar-refractivity contribution in [3.05, 3.63) is 65.9 Å². The summed E-state index contributed by atoms with van der Waals surface area (Å²) in [5.74, 6) is 1.43. The van der Waals surface area contributed by atoms with Crippen LogP contribution >= 0.6 is 6.04 Å². The van der Waals surface area contributed by atoms with Gasteiger partial charge in [-0.25, -0.2) is 0 Å². The summed E-state index contributed by atoms with van der Waals surface area (Å²) in [4.78, 5) is 16.5. The summed E-state index contributed by atoms with van der Waals surface area (Å²) in [5.41, 5.74) is 5.66. The number of para-hydroxylation sites is 1. The van der Waals surface area contributed by atoms with Gasteiger partial charge >= 0.3 is 0 Å². The molecule has 31 heavy (non-hydrogen) atoms. The Bertz CT molecular complexity index is 1200. The second-order valence-electron chi connectivity index (χ2n) is 9.23. The fourth-order valence-electron chi connectivity index (χ4n) is 5.06. The molecule has 1 amide bonds. The van der Waals surface area contributed by atoms with Crippen molar-refractivity contribution in [3.63, 3.8) is 0 Å². The number of carbonyl (C=O) groups excluding carboxylic acids is 1. The maximum atomic E-state index is 11.9. The third kappa shape index (κ3) is 4.02. The van der Waals surface area contributed by atoms with Crippen LogP contribution in [0.25, 0.3) is 10.9 Å². The molecule has 2 aliphatic rings. The van der Waals surface area contributed by atoms with Crippen LogP contribution in [-0.2, 0) is 23.0 Å². The lowest BCUT2D eigenvalue weighted by Crippen LogP contribution is -2.15.